The number of carbonyl (C=O) groups is 2. The number of nitrogens with one attached hydrogen (secondary N) is 2. The Labute approximate surface area is 186 Å². The van der Waals surface area contributed by atoms with Crippen LogP contribution in [0.2, 0.25) is 0 Å². The number of imidazole rings is 1. The van der Waals surface area contributed by atoms with Crippen molar-refractivity contribution in [2.24, 2.45) is 4.99 Å². The first-order valence-corrected chi connectivity index (χ1v) is 11.9. The zero-order valence-corrected chi connectivity index (χ0v) is 19.0. The summed E-state index contributed by atoms with van der Waals surface area (Å²) < 4.78 is 0. The van der Waals surface area contributed by atoms with Gasteiger partial charge in [0.15, 0.2) is 22.5 Å². The summed E-state index contributed by atoms with van der Waals surface area (Å²) in [6.45, 7) is 2.96. The molecule has 166 valence electrons. The first-order valence-electron chi connectivity index (χ1n) is 11.1. The molecule has 0 spiro atoms. The maximum Gasteiger partial charge on any atom is 0.325 e. The fourth-order valence-corrected chi connectivity index (χ4v) is 5.08. The largest absolute Gasteiger partial charge is 0.335 e. The number of para-hydroxylation sites is 2. The Balaban J connectivity index is 1.47. The van der Waals surface area contributed by atoms with Crippen molar-refractivity contribution < 1.29 is 9.59 Å². The van der Waals surface area contributed by atoms with E-state index in [-0.39, 0.29) is 5.91 Å². The zero-order valence-electron chi connectivity index (χ0n) is 18.1. The van der Waals surface area contributed by atoms with E-state index in [1.807, 2.05) is 29.2 Å². The molecule has 8 nitrogen and oxygen atoms in total. The van der Waals surface area contributed by atoms with E-state index in [9.17, 15) is 9.59 Å². The van der Waals surface area contributed by atoms with Crippen molar-refractivity contribution in [3.63, 3.8) is 0 Å². The number of amidine groups is 1. The number of carbonyl (C=O) groups excluding carboxylic acids is 2. The first kappa shape index (κ1) is 21.7. The van der Waals surface area contributed by atoms with Crippen LogP contribution in [0.3, 0.4) is 0 Å². The van der Waals surface area contributed by atoms with Crippen LogP contribution in [-0.2, 0) is 4.79 Å². The van der Waals surface area contributed by atoms with Crippen molar-refractivity contribution in [1.82, 2.24) is 25.1 Å². The summed E-state index contributed by atoms with van der Waals surface area (Å²) in [6, 6.07) is 6.97. The molecular weight excluding hydrogens is 412 g/mol. The van der Waals surface area contributed by atoms with E-state index < -0.39 is 18.2 Å². The summed E-state index contributed by atoms with van der Waals surface area (Å²) >= 11 is 1.42. The van der Waals surface area contributed by atoms with Gasteiger partial charge in [0.05, 0.1) is 11.0 Å². The van der Waals surface area contributed by atoms with E-state index >= 15 is 0 Å². The predicted octanol–water partition coefficient (Wildman–Crippen LogP) is 3.95. The quantitative estimate of drug-likeness (QED) is 0.574. The highest BCUT2D eigenvalue weighted by Crippen LogP contribution is 2.32. The predicted molar refractivity (Wildman–Crippen MR) is 123 cm³/mol. The number of rotatable bonds is 9. The number of nitrogens with zero attached hydrogens (tertiary/aromatic N) is 4. The number of thioether (sulfide) groups is 1. The molecule has 0 radical (unpaired) electrons. The number of fused-ring (bicyclic) bond motifs is 2. The molecule has 0 aliphatic carbocycles. The van der Waals surface area contributed by atoms with Gasteiger partial charge in [-0.2, -0.15) is 0 Å². The van der Waals surface area contributed by atoms with E-state index in [1.54, 1.807) is 7.05 Å². The molecule has 2 aliphatic heterocycles. The first-order chi connectivity index (χ1) is 15.1. The van der Waals surface area contributed by atoms with E-state index in [0.29, 0.717) is 0 Å². The topological polar surface area (TPSA) is 93.7 Å². The monoisotopic (exact) mass is 442 g/mol. The highest BCUT2D eigenvalue weighted by atomic mass is 32.2. The summed E-state index contributed by atoms with van der Waals surface area (Å²) in [5.41, 5.74) is 1.86. The molecule has 2 aromatic rings. The van der Waals surface area contributed by atoms with Crippen LogP contribution in [0.4, 0.5) is 4.79 Å². The van der Waals surface area contributed by atoms with Crippen molar-refractivity contribution in [2.75, 3.05) is 13.6 Å². The van der Waals surface area contributed by atoms with Crippen molar-refractivity contribution in [3.05, 3.63) is 24.3 Å². The number of H-pyrrole nitrogens is 1. The smallest absolute Gasteiger partial charge is 0.325 e. The minimum atomic E-state index is -0.502. The van der Waals surface area contributed by atoms with E-state index in [0.717, 1.165) is 40.7 Å². The summed E-state index contributed by atoms with van der Waals surface area (Å²) in [7, 11) is 1.68. The third kappa shape index (κ3) is 4.71. The van der Waals surface area contributed by atoms with Gasteiger partial charge in [-0.05, 0) is 30.3 Å². The van der Waals surface area contributed by atoms with Crippen molar-refractivity contribution in [1.29, 1.82) is 0 Å². The number of amides is 3. The summed E-state index contributed by atoms with van der Waals surface area (Å²) in [5, 5.41) is 3.93. The number of benzene rings is 1. The van der Waals surface area contributed by atoms with Crippen LogP contribution in [-0.4, -0.2) is 62.7 Å². The molecule has 9 heteroatoms. The number of hydrogen-bond acceptors (Lipinski definition) is 6. The molecule has 1 aromatic carbocycles. The van der Waals surface area contributed by atoms with Gasteiger partial charge < -0.3 is 14.8 Å². The van der Waals surface area contributed by atoms with Gasteiger partial charge in [0.1, 0.15) is 0 Å². The lowest BCUT2D eigenvalue weighted by molar-refractivity contribution is -0.127. The van der Waals surface area contributed by atoms with Crippen LogP contribution in [0.15, 0.2) is 34.4 Å². The number of aliphatic imine (C=N–C) groups is 1. The Hall–Kier alpha value is -2.55. The van der Waals surface area contributed by atoms with Gasteiger partial charge in [-0.15, -0.1) is 0 Å². The van der Waals surface area contributed by atoms with Gasteiger partial charge in [0.2, 0.25) is 0 Å². The molecule has 2 unspecified atom stereocenters. The van der Waals surface area contributed by atoms with Crippen LogP contribution >= 0.6 is 11.8 Å². The lowest BCUT2D eigenvalue weighted by Gasteiger charge is -2.36. The van der Waals surface area contributed by atoms with Crippen molar-refractivity contribution in [2.45, 2.75) is 69.2 Å². The maximum absolute atomic E-state index is 12.7. The molecule has 1 aromatic heterocycles. The number of aromatic amines is 1. The SMILES string of the molecule is CCCCCCCCCN1C(Sc2nc3ccccc3[nH]2)=NC2C1C(=O)NC(=O)N2C. The standard InChI is InChI=1S/C22H30N6O2S/c1-3-4-5-6-7-8-11-14-28-17-18(27(2)21(30)26-19(17)29)25-22(28)31-20-23-15-12-9-10-13-16(15)24-20/h9-10,12-13,17-18H,3-8,11,14H2,1-2H3,(H,23,24)(H,26,29,30). The van der Waals surface area contributed by atoms with E-state index in [4.69, 9.17) is 4.99 Å². The van der Waals surface area contributed by atoms with Crippen LogP contribution in [0.5, 0.6) is 0 Å². The zero-order chi connectivity index (χ0) is 21.8. The number of unbranched alkanes of at least 4 members (excludes halogenated alkanes) is 6. The second-order valence-corrected chi connectivity index (χ2v) is 9.11. The molecule has 3 heterocycles. The molecule has 2 N–H and O–H groups in total. The van der Waals surface area contributed by atoms with Gasteiger partial charge >= 0.3 is 6.03 Å². The van der Waals surface area contributed by atoms with Crippen LogP contribution in [0, 0.1) is 0 Å². The molecule has 4 rings (SSSR count). The molecule has 2 atom stereocenters. The molecule has 31 heavy (non-hydrogen) atoms. The number of likely N-dealkylation sites (N-methyl/N-ethyl adjacent to an activating group) is 1. The van der Waals surface area contributed by atoms with Gasteiger partial charge in [-0.3, -0.25) is 10.1 Å². The maximum atomic E-state index is 12.7. The number of urea groups is 1. The van der Waals surface area contributed by atoms with Gasteiger partial charge in [0.25, 0.3) is 5.91 Å². The van der Waals surface area contributed by atoms with Gasteiger partial charge in [-0.1, -0.05) is 57.6 Å². The lowest BCUT2D eigenvalue weighted by Crippen LogP contribution is -2.63. The Morgan fingerprint density at radius 3 is 2.58 bits per heavy atom. The molecule has 2 aliphatic rings. The summed E-state index contributed by atoms with van der Waals surface area (Å²) in [6.07, 6.45) is 7.89. The Morgan fingerprint density at radius 2 is 1.81 bits per heavy atom. The molecule has 3 amide bonds. The van der Waals surface area contributed by atoms with Gasteiger partial charge in [-0.25, -0.2) is 14.8 Å². The number of aromatic nitrogens is 2. The average Bonchev–Trinajstić information content (AvgIpc) is 3.33. The van der Waals surface area contributed by atoms with Crippen molar-refractivity contribution >= 4 is 39.9 Å². The molecule has 1 fully saturated rings. The fourth-order valence-electron chi connectivity index (χ4n) is 4.12. The second kappa shape index (κ2) is 9.72. The van der Waals surface area contributed by atoms with Crippen LogP contribution in [0.25, 0.3) is 11.0 Å². The third-order valence-corrected chi connectivity index (χ3v) is 6.79. The molecule has 1 saturated heterocycles. The van der Waals surface area contributed by atoms with Gasteiger partial charge in [0, 0.05) is 13.6 Å². The molecule has 0 bridgehead atoms. The second-order valence-electron chi connectivity index (χ2n) is 8.15. The molecule has 0 saturated carbocycles. The van der Waals surface area contributed by atoms with E-state index in [1.165, 1.54) is 48.8 Å². The average molecular weight is 443 g/mol. The normalized spacial score (nSPS) is 20.9. The number of hydrogen-bond donors (Lipinski definition) is 2. The highest BCUT2D eigenvalue weighted by molar-refractivity contribution is 8.13. The highest BCUT2D eigenvalue weighted by Gasteiger charge is 2.48. The lowest BCUT2D eigenvalue weighted by atomic mass is 10.1. The van der Waals surface area contributed by atoms with E-state index in [2.05, 4.69) is 22.2 Å². The molecular formula is C22H30N6O2S. The Bertz CT molecular complexity index is 941. The summed E-state index contributed by atoms with van der Waals surface area (Å²) in [4.78, 5) is 41.1. The summed E-state index contributed by atoms with van der Waals surface area (Å²) in [5.74, 6) is -0.278. The fraction of sp³-hybridized carbons (Fsp3) is 0.545. The van der Waals surface area contributed by atoms with Crippen molar-refractivity contribution in [3.8, 4) is 0 Å². The Kier molecular flexibility index (Phi) is 6.80. The minimum Gasteiger partial charge on any atom is -0.335 e. The third-order valence-electron chi connectivity index (χ3n) is 5.88. The Morgan fingerprint density at radius 1 is 1.06 bits per heavy atom. The minimum absolute atomic E-state index is 0.278. The van der Waals surface area contributed by atoms with Crippen LogP contribution in [0.1, 0.15) is 51.9 Å². The number of imide groups is 1. The van der Waals surface area contributed by atoms with Crippen LogP contribution < -0.4 is 5.32 Å².